The molecule has 0 spiro atoms. The highest BCUT2D eigenvalue weighted by molar-refractivity contribution is 7.89. The first kappa shape index (κ1) is 19.2. The number of ether oxygens (including phenoxy) is 1. The van der Waals surface area contributed by atoms with Gasteiger partial charge in [-0.3, -0.25) is 4.79 Å². The van der Waals surface area contributed by atoms with Crippen molar-refractivity contribution in [1.29, 1.82) is 0 Å². The summed E-state index contributed by atoms with van der Waals surface area (Å²) in [6, 6.07) is 11.0. The van der Waals surface area contributed by atoms with Gasteiger partial charge in [0.1, 0.15) is 12.4 Å². The van der Waals surface area contributed by atoms with Gasteiger partial charge >= 0.3 is 0 Å². The van der Waals surface area contributed by atoms with E-state index < -0.39 is 10.0 Å². The second kappa shape index (κ2) is 8.33. The Morgan fingerprint density at radius 2 is 1.88 bits per heavy atom. The lowest BCUT2D eigenvalue weighted by Gasteiger charge is -2.12. The maximum atomic E-state index is 12.0. The molecule has 0 heterocycles. The van der Waals surface area contributed by atoms with E-state index in [1.54, 1.807) is 30.3 Å². The number of carbonyl (C=O) groups is 1. The van der Waals surface area contributed by atoms with Gasteiger partial charge in [0.15, 0.2) is 0 Å². The molecule has 1 amide bonds. The lowest BCUT2D eigenvalue weighted by Crippen LogP contribution is -2.28. The Hall–Kier alpha value is -2.09. The van der Waals surface area contributed by atoms with Gasteiger partial charge in [0, 0.05) is 10.6 Å². The van der Waals surface area contributed by atoms with Crippen LogP contribution in [-0.4, -0.2) is 27.5 Å². The van der Waals surface area contributed by atoms with Crippen molar-refractivity contribution in [2.24, 2.45) is 5.14 Å². The topological polar surface area (TPSA) is 98.5 Å². The number of halogens is 1. The maximum absolute atomic E-state index is 12.0. The number of nitrogens with one attached hydrogen (secondary N) is 1. The van der Waals surface area contributed by atoms with E-state index in [4.69, 9.17) is 21.5 Å². The zero-order valence-electron chi connectivity index (χ0n) is 13.7. The van der Waals surface area contributed by atoms with Crippen molar-refractivity contribution in [3.63, 3.8) is 0 Å². The second-order valence-electron chi connectivity index (χ2n) is 5.28. The molecule has 0 aromatic heterocycles. The number of amides is 1. The van der Waals surface area contributed by atoms with Gasteiger partial charge in [-0.05, 0) is 54.4 Å². The molecule has 2 aromatic rings. The molecule has 0 fully saturated rings. The minimum atomic E-state index is -3.74. The van der Waals surface area contributed by atoms with Crippen molar-refractivity contribution in [2.75, 3.05) is 13.2 Å². The van der Waals surface area contributed by atoms with E-state index >= 15 is 0 Å². The fourth-order valence-electron chi connectivity index (χ4n) is 2.18. The van der Waals surface area contributed by atoms with Crippen LogP contribution in [0.1, 0.15) is 22.8 Å². The van der Waals surface area contributed by atoms with E-state index in [1.807, 2.05) is 6.92 Å². The summed E-state index contributed by atoms with van der Waals surface area (Å²) in [5.41, 5.74) is 1.24. The first-order valence-electron chi connectivity index (χ1n) is 7.63. The highest BCUT2D eigenvalue weighted by Gasteiger charge is 2.11. The molecule has 25 heavy (non-hydrogen) atoms. The Kier molecular flexibility index (Phi) is 6.41. The zero-order valence-corrected chi connectivity index (χ0v) is 15.2. The number of nitrogens with two attached hydrogens (primary N) is 1. The number of sulfonamides is 1. The zero-order chi connectivity index (χ0) is 18.4. The largest absolute Gasteiger partial charge is 0.491 e. The van der Waals surface area contributed by atoms with Gasteiger partial charge in [0.2, 0.25) is 10.0 Å². The van der Waals surface area contributed by atoms with Crippen molar-refractivity contribution in [3.8, 4) is 5.75 Å². The average Bonchev–Trinajstić information content (AvgIpc) is 2.58. The van der Waals surface area contributed by atoms with E-state index in [9.17, 15) is 13.2 Å². The molecule has 134 valence electrons. The van der Waals surface area contributed by atoms with E-state index in [1.165, 1.54) is 12.1 Å². The number of rotatable bonds is 7. The normalized spacial score (nSPS) is 11.2. The minimum Gasteiger partial charge on any atom is -0.491 e. The van der Waals surface area contributed by atoms with Crippen LogP contribution in [0.5, 0.6) is 5.75 Å². The molecule has 0 radical (unpaired) electrons. The molecular weight excluding hydrogens is 364 g/mol. The molecule has 3 N–H and O–H groups in total. The third-order valence-corrected chi connectivity index (χ3v) is 4.66. The second-order valence-corrected chi connectivity index (χ2v) is 7.28. The maximum Gasteiger partial charge on any atom is 0.251 e. The third-order valence-electron chi connectivity index (χ3n) is 3.49. The van der Waals surface area contributed by atoms with Gasteiger partial charge in [0.05, 0.1) is 11.4 Å². The number of primary sulfonamides is 1. The Morgan fingerprint density at radius 3 is 2.48 bits per heavy atom. The van der Waals surface area contributed by atoms with Crippen molar-refractivity contribution in [3.05, 3.63) is 58.6 Å². The number of aryl methyl sites for hydroxylation is 1. The minimum absolute atomic E-state index is 0.0488. The van der Waals surface area contributed by atoms with Crippen LogP contribution in [0.15, 0.2) is 47.4 Å². The molecule has 0 bridgehead atoms. The van der Waals surface area contributed by atoms with E-state index in [2.05, 4.69) is 5.32 Å². The van der Waals surface area contributed by atoms with Crippen LogP contribution in [0.2, 0.25) is 5.02 Å². The predicted molar refractivity (Wildman–Crippen MR) is 96.5 cm³/mol. The first-order valence-corrected chi connectivity index (χ1v) is 9.56. The number of benzene rings is 2. The van der Waals surface area contributed by atoms with Crippen LogP contribution in [0.25, 0.3) is 0 Å². The van der Waals surface area contributed by atoms with Crippen molar-refractivity contribution < 1.29 is 17.9 Å². The van der Waals surface area contributed by atoms with Gasteiger partial charge in [-0.25, -0.2) is 13.6 Å². The molecule has 8 heteroatoms. The summed E-state index contributed by atoms with van der Waals surface area (Å²) < 4.78 is 28.4. The Bertz CT molecular complexity index is 851. The van der Waals surface area contributed by atoms with Gasteiger partial charge < -0.3 is 10.1 Å². The molecule has 0 saturated carbocycles. The summed E-state index contributed by atoms with van der Waals surface area (Å²) in [5, 5.41) is 8.43. The van der Waals surface area contributed by atoms with Crippen LogP contribution in [0.4, 0.5) is 0 Å². The molecule has 2 rings (SSSR count). The van der Waals surface area contributed by atoms with Crippen molar-refractivity contribution in [2.45, 2.75) is 18.2 Å². The number of hydrogen-bond acceptors (Lipinski definition) is 4. The Morgan fingerprint density at radius 1 is 1.20 bits per heavy atom. The fraction of sp³-hybridized carbons (Fsp3) is 0.235. The fourth-order valence-corrected chi connectivity index (χ4v) is 2.87. The van der Waals surface area contributed by atoms with Crippen LogP contribution < -0.4 is 15.2 Å². The molecule has 0 aliphatic heterocycles. The summed E-state index contributed by atoms with van der Waals surface area (Å²) in [7, 11) is -3.74. The Balaban J connectivity index is 1.91. The van der Waals surface area contributed by atoms with Crippen LogP contribution in [0, 0.1) is 0 Å². The SMILES string of the molecule is CCc1cc(S(N)(=O)=O)ccc1OCCNC(=O)c1ccc(Cl)cc1. The van der Waals surface area contributed by atoms with Gasteiger partial charge in [-0.15, -0.1) is 0 Å². The van der Waals surface area contributed by atoms with Crippen LogP contribution >= 0.6 is 11.6 Å². The standard InChI is InChI=1S/C17H19ClN2O4S/c1-2-12-11-15(25(19,22)23)7-8-16(12)24-10-9-20-17(21)13-3-5-14(18)6-4-13/h3-8,11H,2,9-10H2,1H3,(H,20,21)(H2,19,22,23). The molecule has 6 nitrogen and oxygen atoms in total. The smallest absolute Gasteiger partial charge is 0.251 e. The van der Waals surface area contributed by atoms with E-state index in [-0.39, 0.29) is 17.4 Å². The van der Waals surface area contributed by atoms with Crippen molar-refractivity contribution >= 4 is 27.5 Å². The highest BCUT2D eigenvalue weighted by atomic mass is 35.5. The molecular formula is C17H19ClN2O4S. The Labute approximate surface area is 152 Å². The summed E-state index contributed by atoms with van der Waals surface area (Å²) in [6.45, 7) is 2.44. The summed E-state index contributed by atoms with van der Waals surface area (Å²) in [4.78, 5) is 12.0. The third kappa shape index (κ3) is 5.45. The van der Waals surface area contributed by atoms with Gasteiger partial charge in [-0.2, -0.15) is 0 Å². The molecule has 2 aromatic carbocycles. The lowest BCUT2D eigenvalue weighted by molar-refractivity contribution is 0.0947. The average molecular weight is 383 g/mol. The molecule has 0 unspecified atom stereocenters. The van der Waals surface area contributed by atoms with Crippen LogP contribution in [-0.2, 0) is 16.4 Å². The molecule has 0 aliphatic carbocycles. The molecule has 0 saturated heterocycles. The summed E-state index contributed by atoms with van der Waals surface area (Å²) in [6.07, 6.45) is 0.593. The number of carbonyl (C=O) groups excluding carboxylic acids is 1. The first-order chi connectivity index (χ1) is 11.8. The van der Waals surface area contributed by atoms with Crippen molar-refractivity contribution in [1.82, 2.24) is 5.32 Å². The number of hydrogen-bond donors (Lipinski definition) is 2. The van der Waals surface area contributed by atoms with Crippen LogP contribution in [0.3, 0.4) is 0 Å². The molecule has 0 aliphatic rings. The monoisotopic (exact) mass is 382 g/mol. The highest BCUT2D eigenvalue weighted by Crippen LogP contribution is 2.22. The summed E-state index contributed by atoms with van der Waals surface area (Å²) in [5.74, 6) is 0.344. The molecule has 0 atom stereocenters. The van der Waals surface area contributed by atoms with Gasteiger partial charge in [-0.1, -0.05) is 18.5 Å². The quantitative estimate of drug-likeness (QED) is 0.718. The lowest BCUT2D eigenvalue weighted by atomic mass is 10.1. The van der Waals surface area contributed by atoms with E-state index in [0.717, 1.165) is 5.56 Å². The predicted octanol–water partition coefficient (Wildman–Crippen LogP) is 2.36. The van der Waals surface area contributed by atoms with Gasteiger partial charge in [0.25, 0.3) is 5.91 Å². The summed E-state index contributed by atoms with van der Waals surface area (Å²) >= 11 is 5.78. The van der Waals surface area contributed by atoms with E-state index in [0.29, 0.717) is 29.3 Å².